The number of aliphatic hydroxyl groups is 1. The van der Waals surface area contributed by atoms with Gasteiger partial charge in [-0.15, -0.1) is 0 Å². The Morgan fingerprint density at radius 2 is 1.43 bits per heavy atom. The quantitative estimate of drug-likeness (QED) is 0.478. The topological polar surface area (TPSA) is 92.7 Å². The van der Waals surface area contributed by atoms with Gasteiger partial charge in [-0.05, 0) is 96.6 Å². The number of rotatable bonds is 3. The molecule has 0 radical (unpaired) electrons. The van der Waals surface area contributed by atoms with Crippen molar-refractivity contribution < 1.29 is 38.3 Å². The minimum atomic E-state index is -0.147. The van der Waals surface area contributed by atoms with Gasteiger partial charge in [-0.2, -0.15) is 0 Å². The van der Waals surface area contributed by atoms with E-state index in [0.717, 1.165) is 37.7 Å². The van der Waals surface area contributed by atoms with E-state index in [1.165, 1.54) is 17.5 Å². The molecule has 1 heterocycles. The Balaban J connectivity index is 1.10. The highest BCUT2D eigenvalue weighted by Crippen LogP contribution is 2.60. The molecular weight excluding hydrogens is 560 g/mol. The molecule has 0 saturated heterocycles. The van der Waals surface area contributed by atoms with Gasteiger partial charge in [-0.1, -0.05) is 25.1 Å². The van der Waals surface area contributed by atoms with Crippen LogP contribution in [-0.4, -0.2) is 83.1 Å². The summed E-state index contributed by atoms with van der Waals surface area (Å²) in [5.74, 6) is 3.01. The molecule has 8 heteroatoms. The van der Waals surface area contributed by atoms with E-state index in [-0.39, 0.29) is 17.3 Å². The maximum absolute atomic E-state index is 13.5. The molecule has 0 amide bonds. The van der Waals surface area contributed by atoms with E-state index in [0.29, 0.717) is 107 Å². The molecule has 6 rings (SSSR count). The van der Waals surface area contributed by atoms with Gasteiger partial charge in [0.05, 0.1) is 59.0 Å². The highest BCUT2D eigenvalue weighted by molar-refractivity contribution is 5.98. The van der Waals surface area contributed by atoms with Crippen LogP contribution in [0.2, 0.25) is 0 Å². The fourth-order valence-corrected chi connectivity index (χ4v) is 8.10. The third kappa shape index (κ3) is 7.15. The van der Waals surface area contributed by atoms with Crippen LogP contribution in [0.1, 0.15) is 72.0 Å². The summed E-state index contributed by atoms with van der Waals surface area (Å²) < 4.78 is 34.2. The van der Waals surface area contributed by atoms with Crippen LogP contribution >= 0.6 is 0 Å². The lowest BCUT2D eigenvalue weighted by atomic mass is 9.55. The molecule has 0 aromatic heterocycles. The number of carbonyl (C=O) groups is 1. The zero-order chi connectivity index (χ0) is 30.4. The summed E-state index contributed by atoms with van der Waals surface area (Å²) in [6.07, 6.45) is 6.78. The standard InChI is InChI=1S/C36H48O8/c1-36-11-10-29-28-5-2-25(22-26(28)3-6-30(29)31(36)7-9-35(36)38)23-32(37)27-4-8-33-34(24-27)44-21-19-42-17-15-40-13-12-39-14-16-41-18-20-43-33/h2,4-5,8,22,24,29-31,35,38H,3,6-7,9-21,23H2,1H3/t29-,30-,31+,35+,36+/m1/s1. The lowest BCUT2D eigenvalue weighted by Gasteiger charge is -2.50. The number of carbonyl (C=O) groups excluding carboxylic acids is 1. The first-order chi connectivity index (χ1) is 21.5. The lowest BCUT2D eigenvalue weighted by Crippen LogP contribution is -2.43. The van der Waals surface area contributed by atoms with E-state index in [1.54, 1.807) is 6.07 Å². The van der Waals surface area contributed by atoms with Gasteiger partial charge in [-0.25, -0.2) is 0 Å². The fourth-order valence-electron chi connectivity index (χ4n) is 8.10. The number of hydrogen-bond acceptors (Lipinski definition) is 8. The van der Waals surface area contributed by atoms with Crippen molar-refractivity contribution >= 4 is 5.78 Å². The van der Waals surface area contributed by atoms with Crippen molar-refractivity contribution in [2.75, 3.05) is 66.1 Å². The smallest absolute Gasteiger partial charge is 0.167 e. The monoisotopic (exact) mass is 608 g/mol. The average Bonchev–Trinajstić information content (AvgIpc) is 3.34. The Bertz CT molecular complexity index is 1260. The first-order valence-electron chi connectivity index (χ1n) is 16.6. The molecule has 5 atom stereocenters. The van der Waals surface area contributed by atoms with E-state index in [2.05, 4.69) is 25.1 Å². The lowest BCUT2D eigenvalue weighted by molar-refractivity contribution is -0.0226. The van der Waals surface area contributed by atoms with E-state index in [9.17, 15) is 9.90 Å². The molecule has 2 fully saturated rings. The van der Waals surface area contributed by atoms with Gasteiger partial charge in [-0.3, -0.25) is 4.79 Å². The molecule has 240 valence electrons. The summed E-state index contributed by atoms with van der Waals surface area (Å²) in [4.78, 5) is 13.5. The second-order valence-corrected chi connectivity index (χ2v) is 13.0. The van der Waals surface area contributed by atoms with Crippen molar-refractivity contribution in [2.45, 2.75) is 63.9 Å². The van der Waals surface area contributed by atoms with Crippen LogP contribution in [0.25, 0.3) is 0 Å². The molecule has 44 heavy (non-hydrogen) atoms. The zero-order valence-corrected chi connectivity index (χ0v) is 26.1. The molecule has 0 bridgehead atoms. The zero-order valence-electron chi connectivity index (χ0n) is 26.1. The summed E-state index contributed by atoms with van der Waals surface area (Å²) in [5.41, 5.74) is 4.61. The largest absolute Gasteiger partial charge is 0.487 e. The SMILES string of the molecule is C[C@]12CC[C@@H]3c4ccc(CC(=O)c5ccc6c(c5)OCCOCCOCCOCCOCCO6)cc4CC[C@H]3[C@@H]1CC[C@@H]2O. The van der Waals surface area contributed by atoms with Gasteiger partial charge < -0.3 is 33.5 Å². The minimum Gasteiger partial charge on any atom is -0.487 e. The number of hydrogen-bond donors (Lipinski definition) is 1. The van der Waals surface area contributed by atoms with Crippen LogP contribution in [0, 0.1) is 17.3 Å². The van der Waals surface area contributed by atoms with Crippen LogP contribution < -0.4 is 9.47 Å². The third-order valence-corrected chi connectivity index (χ3v) is 10.5. The van der Waals surface area contributed by atoms with Gasteiger partial charge in [0, 0.05) is 12.0 Å². The molecule has 2 aromatic carbocycles. The molecule has 4 aliphatic rings. The van der Waals surface area contributed by atoms with E-state index in [1.807, 2.05) is 12.1 Å². The average molecular weight is 609 g/mol. The molecule has 8 nitrogen and oxygen atoms in total. The Hall–Kier alpha value is -2.49. The van der Waals surface area contributed by atoms with Gasteiger partial charge in [0.2, 0.25) is 0 Å². The molecule has 1 N–H and O–H groups in total. The number of ketones is 1. The summed E-state index contributed by atoms with van der Waals surface area (Å²) in [7, 11) is 0. The van der Waals surface area contributed by atoms with Crippen LogP contribution in [-0.2, 0) is 31.8 Å². The molecule has 1 aliphatic heterocycles. The molecule has 0 unspecified atom stereocenters. The molecule has 2 aromatic rings. The van der Waals surface area contributed by atoms with Crippen LogP contribution in [0.3, 0.4) is 0 Å². The van der Waals surface area contributed by atoms with Crippen molar-refractivity contribution in [1.29, 1.82) is 0 Å². The maximum atomic E-state index is 13.5. The van der Waals surface area contributed by atoms with Crippen molar-refractivity contribution in [3.63, 3.8) is 0 Å². The Morgan fingerprint density at radius 1 is 0.773 bits per heavy atom. The van der Waals surface area contributed by atoms with Crippen molar-refractivity contribution in [2.24, 2.45) is 17.3 Å². The maximum Gasteiger partial charge on any atom is 0.167 e. The number of ether oxygens (including phenoxy) is 6. The summed E-state index contributed by atoms with van der Waals surface area (Å²) in [5, 5.41) is 10.7. The van der Waals surface area contributed by atoms with Gasteiger partial charge in [0.15, 0.2) is 17.3 Å². The molecular formula is C36H48O8. The van der Waals surface area contributed by atoms with E-state index in [4.69, 9.17) is 28.4 Å². The first-order valence-corrected chi connectivity index (χ1v) is 16.6. The molecule has 0 spiro atoms. The van der Waals surface area contributed by atoms with Crippen LogP contribution in [0.5, 0.6) is 11.5 Å². The van der Waals surface area contributed by atoms with Crippen molar-refractivity contribution in [3.8, 4) is 11.5 Å². The molecule has 3 aliphatic carbocycles. The number of benzene rings is 2. The normalized spacial score (nSPS) is 30.2. The molecule has 2 saturated carbocycles. The first kappa shape index (κ1) is 31.5. The summed E-state index contributed by atoms with van der Waals surface area (Å²) >= 11 is 0. The second-order valence-electron chi connectivity index (χ2n) is 13.0. The number of aliphatic hydroxyl groups excluding tert-OH is 1. The Morgan fingerprint density at radius 3 is 2.14 bits per heavy atom. The third-order valence-electron chi connectivity index (χ3n) is 10.5. The van der Waals surface area contributed by atoms with Crippen molar-refractivity contribution in [3.05, 3.63) is 58.7 Å². The number of fused-ring (bicyclic) bond motifs is 6. The Labute approximate surface area is 261 Å². The predicted molar refractivity (Wildman–Crippen MR) is 166 cm³/mol. The van der Waals surface area contributed by atoms with Crippen LogP contribution in [0.15, 0.2) is 36.4 Å². The highest BCUT2D eigenvalue weighted by atomic mass is 16.6. The second kappa shape index (κ2) is 14.7. The van der Waals surface area contributed by atoms with E-state index < -0.39 is 0 Å². The Kier molecular flexibility index (Phi) is 10.5. The van der Waals surface area contributed by atoms with Gasteiger partial charge in [0.1, 0.15) is 13.2 Å². The predicted octanol–water partition coefficient (Wildman–Crippen LogP) is 5.17. The highest BCUT2D eigenvalue weighted by Gasteiger charge is 2.54. The number of aryl methyl sites for hydroxylation is 1. The van der Waals surface area contributed by atoms with E-state index >= 15 is 0 Å². The van der Waals surface area contributed by atoms with Crippen molar-refractivity contribution in [1.82, 2.24) is 0 Å². The van der Waals surface area contributed by atoms with Gasteiger partial charge >= 0.3 is 0 Å². The summed E-state index contributed by atoms with van der Waals surface area (Å²) in [6.45, 7) is 6.83. The minimum absolute atomic E-state index is 0.0506. The number of Topliss-reactive ketones (excluding diaryl/α,β-unsaturated/α-hetero) is 1. The fraction of sp³-hybridized carbons (Fsp3) is 0.639. The van der Waals surface area contributed by atoms with Gasteiger partial charge in [0.25, 0.3) is 0 Å². The summed E-state index contributed by atoms with van der Waals surface area (Å²) in [6, 6.07) is 12.1. The van der Waals surface area contributed by atoms with Crippen LogP contribution in [0.4, 0.5) is 0 Å².